The quantitative estimate of drug-likeness (QED) is 0.0193. The van der Waals surface area contributed by atoms with E-state index in [2.05, 4.69) is 42.5 Å². The summed E-state index contributed by atoms with van der Waals surface area (Å²) >= 11 is 0. The minimum atomic E-state index is -5.08. The molecule has 2 heterocycles. The minimum absolute atomic E-state index is 0.0524. The second-order valence-corrected chi connectivity index (χ2v) is 26.0. The smallest absolute Gasteiger partial charge is 0.475 e. The van der Waals surface area contributed by atoms with E-state index in [-0.39, 0.29) is 60.4 Å². The summed E-state index contributed by atoms with van der Waals surface area (Å²) in [4.78, 5) is 136. The maximum absolute atomic E-state index is 14.8. The molecule has 4 aliphatic rings. The van der Waals surface area contributed by atoms with E-state index >= 15 is 0 Å². The first kappa shape index (κ1) is 81.0. The normalized spacial score (nSPS) is 18.3. The molecule has 4 fully saturated rings. The van der Waals surface area contributed by atoms with Crippen LogP contribution < -0.4 is 42.5 Å². The average Bonchev–Trinajstić information content (AvgIpc) is 1.80. The molecule has 4 aromatic carbocycles. The number of rotatable bonds is 28. The van der Waals surface area contributed by atoms with E-state index in [1.165, 1.54) is 0 Å². The first-order valence-corrected chi connectivity index (χ1v) is 34.7. The van der Waals surface area contributed by atoms with Crippen molar-refractivity contribution in [3.05, 3.63) is 144 Å². The Kier molecular flexibility index (Phi) is 32.0. The van der Waals surface area contributed by atoms with Crippen molar-refractivity contribution in [2.24, 2.45) is 11.8 Å². The summed E-state index contributed by atoms with van der Waals surface area (Å²) in [6.07, 6.45) is 2.78. The number of halogens is 6. The zero-order valence-electron chi connectivity index (χ0n) is 57.5. The highest BCUT2D eigenvalue weighted by Gasteiger charge is 2.46. The van der Waals surface area contributed by atoms with Crippen LogP contribution in [0.3, 0.4) is 0 Å². The molecule has 8 unspecified atom stereocenters. The van der Waals surface area contributed by atoms with Crippen LogP contribution in [0.15, 0.2) is 121 Å². The van der Waals surface area contributed by atoms with Crippen molar-refractivity contribution >= 4 is 59.2 Å². The van der Waals surface area contributed by atoms with E-state index in [0.29, 0.717) is 58.0 Å². The summed E-state index contributed by atoms with van der Waals surface area (Å²) in [5.74, 6) is -9.50. The Hall–Kier alpha value is -8.92. The lowest BCUT2D eigenvalue weighted by Gasteiger charge is -2.36. The number of amides is 8. The number of carboxylic acid groups (broad SMARTS) is 2. The fourth-order valence-electron chi connectivity index (χ4n) is 13.4. The van der Waals surface area contributed by atoms with Crippen LogP contribution in [0, 0.1) is 11.8 Å². The number of nitrogens with one attached hydrogen (secondary N) is 8. The van der Waals surface area contributed by atoms with Crippen molar-refractivity contribution in [2.75, 3.05) is 40.3 Å². The van der Waals surface area contributed by atoms with Gasteiger partial charge >= 0.3 is 24.3 Å². The van der Waals surface area contributed by atoms with Crippen molar-refractivity contribution in [1.29, 1.82) is 0 Å². The summed E-state index contributed by atoms with van der Waals surface area (Å²) in [7, 11) is 3.40. The van der Waals surface area contributed by atoms with Crippen LogP contribution in [0.1, 0.15) is 157 Å². The minimum Gasteiger partial charge on any atom is -0.475 e. The van der Waals surface area contributed by atoms with Gasteiger partial charge in [-0.05, 0) is 133 Å². The number of carboxylic acids is 2. The van der Waals surface area contributed by atoms with Gasteiger partial charge in [0.1, 0.15) is 36.3 Å². The highest BCUT2D eigenvalue weighted by Crippen LogP contribution is 2.35. The standard InChI is InChI=1S/C69H94N10O8.2C2HF3O2/c1-46(70-3)62(80)74-58(52-36-20-9-21-37-52)68(86)78-44-26-40-54(78)64(82)76-60(56(48-28-12-5-13-29-48)49-30-14-6-15-31-49)66(84)72-42-24-11-25-43-73-67(85)61(57(50-32-16-7-17-33-50)51-34-18-8-19-35-51)77-65(83)55-41-27-45-79(55)69(87)59(53-38-22-10-23-39-53)75-63(81)47(2)71-4;2*3-2(4,5)1(6)7/h5-8,12-19,28-35,46-47,52-61,70-71H,9-11,20-27,36-45H2,1-4H3,(H,72,84)(H,73,85)(H,74,80)(H,75,81)(H,76,82)(H,77,83);2*(H,6,7). The number of hydrogen-bond acceptors (Lipinski definition) is 12. The van der Waals surface area contributed by atoms with Gasteiger partial charge in [0, 0.05) is 38.0 Å². The van der Waals surface area contributed by atoms with Crippen LogP contribution in [0.25, 0.3) is 0 Å². The van der Waals surface area contributed by atoms with E-state index in [1.54, 1.807) is 37.7 Å². The van der Waals surface area contributed by atoms with E-state index in [9.17, 15) is 64.7 Å². The fraction of sp³-hybridized carbons (Fsp3) is 0.534. The van der Waals surface area contributed by atoms with Crippen LogP contribution >= 0.6 is 0 Å². The van der Waals surface area contributed by atoms with Crippen molar-refractivity contribution in [3.8, 4) is 0 Å². The molecular weight excluding hydrogens is 1320 g/mol. The second kappa shape index (κ2) is 39.9. The molecule has 0 bridgehead atoms. The van der Waals surface area contributed by atoms with Gasteiger partial charge in [0.2, 0.25) is 47.3 Å². The fourth-order valence-corrected chi connectivity index (χ4v) is 13.4. The van der Waals surface area contributed by atoms with Crippen molar-refractivity contribution < 1.29 is 84.5 Å². The third-order valence-corrected chi connectivity index (χ3v) is 19.1. The summed E-state index contributed by atoms with van der Waals surface area (Å²) in [6.45, 7) is 4.76. The van der Waals surface area contributed by atoms with Gasteiger partial charge in [-0.2, -0.15) is 26.3 Å². The van der Waals surface area contributed by atoms with Crippen LogP contribution in [0.5, 0.6) is 0 Å². The maximum Gasteiger partial charge on any atom is 0.490 e. The molecule has 2 aliphatic carbocycles. The Balaban J connectivity index is 0.00000104. The number of nitrogens with zero attached hydrogens (tertiary/aromatic N) is 2. The first-order chi connectivity index (χ1) is 48.2. The van der Waals surface area contributed by atoms with Gasteiger partial charge in [-0.3, -0.25) is 38.4 Å². The Morgan fingerprint density at radius 2 is 0.703 bits per heavy atom. The molecule has 0 aromatic heterocycles. The predicted molar refractivity (Wildman–Crippen MR) is 364 cm³/mol. The van der Waals surface area contributed by atoms with Gasteiger partial charge in [-0.15, -0.1) is 0 Å². The first-order valence-electron chi connectivity index (χ1n) is 34.7. The van der Waals surface area contributed by atoms with E-state index < -0.39 is 96.3 Å². The lowest BCUT2D eigenvalue weighted by atomic mass is 9.83. The Morgan fingerprint density at radius 1 is 0.416 bits per heavy atom. The van der Waals surface area contributed by atoms with Gasteiger partial charge < -0.3 is 62.5 Å². The number of aliphatic carboxylic acids is 2. The Labute approximate surface area is 585 Å². The van der Waals surface area contributed by atoms with Crippen molar-refractivity contribution in [3.63, 3.8) is 0 Å². The Bertz CT molecular complexity index is 3030. The van der Waals surface area contributed by atoms with Crippen LogP contribution in [0.4, 0.5) is 26.3 Å². The van der Waals surface area contributed by atoms with Gasteiger partial charge in [-0.25, -0.2) is 9.59 Å². The van der Waals surface area contributed by atoms with Gasteiger partial charge in [-0.1, -0.05) is 160 Å². The number of likely N-dealkylation sites (tertiary alicyclic amines) is 2. The van der Waals surface area contributed by atoms with E-state index in [4.69, 9.17) is 19.8 Å². The van der Waals surface area contributed by atoms with Crippen LogP contribution in [-0.4, -0.2) is 180 Å². The largest absolute Gasteiger partial charge is 0.490 e. The summed E-state index contributed by atoms with van der Waals surface area (Å²) in [6, 6.07) is 32.0. The molecule has 2 saturated carbocycles. The average molecular weight is 1420 g/mol. The topological polar surface area (TPSA) is 314 Å². The van der Waals surface area contributed by atoms with Gasteiger partial charge in [0.25, 0.3) is 0 Å². The molecule has 2 aliphatic heterocycles. The highest BCUT2D eigenvalue weighted by molar-refractivity contribution is 5.97. The molecule has 28 heteroatoms. The molecular formula is C73H96F6N10O12. The molecule has 552 valence electrons. The molecule has 0 radical (unpaired) electrons. The van der Waals surface area contributed by atoms with Crippen molar-refractivity contribution in [2.45, 2.75) is 196 Å². The van der Waals surface area contributed by atoms with Crippen LogP contribution in [-0.2, 0) is 47.9 Å². The molecule has 2 saturated heterocycles. The molecule has 4 aromatic rings. The predicted octanol–water partition coefficient (Wildman–Crippen LogP) is 7.62. The molecule has 10 N–H and O–H groups in total. The highest BCUT2D eigenvalue weighted by atomic mass is 19.4. The van der Waals surface area contributed by atoms with Crippen molar-refractivity contribution in [1.82, 2.24) is 52.3 Å². The SMILES string of the molecule is CNC(C)C(=O)NC(C(=O)N1CCCC1C(=O)NC(C(=O)NCCCCCNC(=O)C(NC(=O)C1CCCN1C(=O)C(NC(=O)C(C)NC)C1CCCCC1)C(c1ccccc1)c1ccccc1)C(c1ccccc1)c1ccccc1)C1CCCCC1.O=C(O)C(F)(F)F.O=C(O)C(F)(F)F. The number of likely N-dealkylation sites (N-methyl/N-ethyl adjacent to an activating group) is 2. The molecule has 8 amide bonds. The monoisotopic (exact) mass is 1420 g/mol. The molecule has 22 nitrogen and oxygen atoms in total. The number of hydrogen-bond donors (Lipinski definition) is 10. The summed E-state index contributed by atoms with van der Waals surface area (Å²) in [5, 5.41) is 38.9. The number of carbonyl (C=O) groups excluding carboxylic acids is 8. The number of benzene rings is 4. The van der Waals surface area contributed by atoms with Gasteiger partial charge in [0.15, 0.2) is 0 Å². The molecule has 8 atom stereocenters. The zero-order chi connectivity index (χ0) is 73.8. The third-order valence-electron chi connectivity index (χ3n) is 19.1. The van der Waals surface area contributed by atoms with E-state index in [1.807, 2.05) is 121 Å². The number of alkyl halides is 6. The third kappa shape index (κ3) is 24.1. The molecule has 8 rings (SSSR count). The maximum atomic E-state index is 14.8. The van der Waals surface area contributed by atoms with E-state index in [0.717, 1.165) is 86.5 Å². The second-order valence-electron chi connectivity index (χ2n) is 26.0. The summed E-state index contributed by atoms with van der Waals surface area (Å²) in [5.41, 5.74) is 3.30. The lowest BCUT2D eigenvalue weighted by Crippen LogP contribution is -2.59. The Morgan fingerprint density at radius 3 is 0.970 bits per heavy atom. The zero-order valence-corrected chi connectivity index (χ0v) is 57.5. The number of carbonyl (C=O) groups is 10. The summed E-state index contributed by atoms with van der Waals surface area (Å²) < 4.78 is 63.5. The molecule has 0 spiro atoms. The lowest BCUT2D eigenvalue weighted by molar-refractivity contribution is -0.193. The van der Waals surface area contributed by atoms with Gasteiger partial charge in [0.05, 0.1) is 12.1 Å². The van der Waals surface area contributed by atoms with Crippen LogP contribution in [0.2, 0.25) is 0 Å². The molecule has 101 heavy (non-hydrogen) atoms. The number of unbranched alkanes of at least 4 members (excludes halogenated alkanes) is 2.